The van der Waals surface area contributed by atoms with Crippen molar-refractivity contribution in [2.24, 2.45) is 0 Å². The van der Waals surface area contributed by atoms with Gasteiger partial charge < -0.3 is 9.32 Å². The van der Waals surface area contributed by atoms with E-state index in [1.54, 1.807) is 0 Å². The molecule has 0 atom stereocenters. The van der Waals surface area contributed by atoms with Crippen LogP contribution < -0.4 is 10.3 Å². The Balaban J connectivity index is 2.01. The molecule has 3 heterocycles. The maximum Gasteiger partial charge on any atom is 0.256 e. The van der Waals surface area contributed by atoms with Crippen molar-refractivity contribution in [3.8, 4) is 11.3 Å². The maximum absolute atomic E-state index is 14.5. The minimum Gasteiger partial charge on any atom is -0.452 e. The van der Waals surface area contributed by atoms with E-state index in [0.717, 1.165) is 42.7 Å². The summed E-state index contributed by atoms with van der Waals surface area (Å²) in [6.45, 7) is 10.4. The second kappa shape index (κ2) is 5.55. The lowest BCUT2D eigenvalue weighted by atomic mass is 9.69. The third-order valence-electron chi connectivity index (χ3n) is 6.79. The third kappa shape index (κ3) is 2.34. The first-order valence-electron chi connectivity index (χ1n) is 9.90. The number of anilines is 1. The van der Waals surface area contributed by atoms with E-state index in [0.29, 0.717) is 11.0 Å². The van der Waals surface area contributed by atoms with Crippen LogP contribution in [-0.2, 0) is 10.8 Å². The van der Waals surface area contributed by atoms with Gasteiger partial charge in [0.25, 0.3) is 5.43 Å². The SMILES string of the molecule is CC1(C)CCN2CCC(C)(C)c3c2c1cc1cc2c(F)c(F)c(=O)c(F)c-2oc31. The lowest BCUT2D eigenvalue weighted by Crippen LogP contribution is -2.44. The molecule has 0 saturated carbocycles. The Morgan fingerprint density at radius 1 is 0.931 bits per heavy atom. The van der Waals surface area contributed by atoms with Crippen LogP contribution in [0.5, 0.6) is 0 Å². The number of rotatable bonds is 0. The fourth-order valence-corrected chi connectivity index (χ4v) is 4.91. The zero-order valence-electron chi connectivity index (χ0n) is 16.9. The highest BCUT2D eigenvalue weighted by Crippen LogP contribution is 2.52. The van der Waals surface area contributed by atoms with Crippen LogP contribution in [0.4, 0.5) is 18.9 Å². The first-order valence-corrected chi connectivity index (χ1v) is 9.90. The van der Waals surface area contributed by atoms with Gasteiger partial charge in [-0.3, -0.25) is 4.79 Å². The molecule has 4 aliphatic rings. The van der Waals surface area contributed by atoms with Gasteiger partial charge in [-0.2, -0.15) is 8.78 Å². The smallest absolute Gasteiger partial charge is 0.256 e. The van der Waals surface area contributed by atoms with Gasteiger partial charge in [0.05, 0.1) is 5.56 Å². The van der Waals surface area contributed by atoms with Crippen LogP contribution in [0.25, 0.3) is 22.3 Å². The largest absolute Gasteiger partial charge is 0.452 e. The standard InChI is InChI=1S/C23H22F3NO2/c1-22(2)5-7-27-8-6-23(3,4)14-18(27)13(22)10-11-9-12-15(24)16(25)19(28)17(26)21(12)29-20(11)14/h9-10H,5-8H2,1-4H3. The molecule has 0 unspecified atom stereocenters. The van der Waals surface area contributed by atoms with Gasteiger partial charge in [0.2, 0.25) is 11.6 Å². The van der Waals surface area contributed by atoms with Crippen molar-refractivity contribution in [3.05, 3.63) is 50.9 Å². The highest BCUT2D eigenvalue weighted by atomic mass is 19.2. The van der Waals surface area contributed by atoms with Crippen molar-refractivity contribution in [2.75, 3.05) is 18.0 Å². The van der Waals surface area contributed by atoms with Gasteiger partial charge in [-0.05, 0) is 41.4 Å². The predicted octanol–water partition coefficient (Wildman–Crippen LogP) is 5.48. The average Bonchev–Trinajstić information content (AvgIpc) is 2.67. The van der Waals surface area contributed by atoms with Crippen LogP contribution >= 0.6 is 0 Å². The van der Waals surface area contributed by atoms with E-state index >= 15 is 0 Å². The zero-order chi connectivity index (χ0) is 20.9. The monoisotopic (exact) mass is 401 g/mol. The van der Waals surface area contributed by atoms with Crippen molar-refractivity contribution in [3.63, 3.8) is 0 Å². The molecule has 0 spiro atoms. The van der Waals surface area contributed by atoms with Crippen LogP contribution in [-0.4, -0.2) is 13.1 Å². The molecule has 1 aliphatic carbocycles. The topological polar surface area (TPSA) is 33.5 Å². The van der Waals surface area contributed by atoms with Gasteiger partial charge >= 0.3 is 0 Å². The highest BCUT2D eigenvalue weighted by molar-refractivity contribution is 5.93. The third-order valence-corrected chi connectivity index (χ3v) is 6.79. The number of hydrogen-bond acceptors (Lipinski definition) is 3. The van der Waals surface area contributed by atoms with E-state index in [2.05, 4.69) is 32.6 Å². The molecule has 0 radical (unpaired) electrons. The summed E-state index contributed by atoms with van der Waals surface area (Å²) in [6, 6.07) is 3.36. The van der Waals surface area contributed by atoms with Gasteiger partial charge in [0, 0.05) is 29.7 Å². The molecule has 1 aromatic carbocycles. The second-order valence-corrected chi connectivity index (χ2v) is 9.58. The molecule has 0 aromatic heterocycles. The van der Waals surface area contributed by atoms with Crippen LogP contribution in [0.1, 0.15) is 51.7 Å². The molecule has 0 bridgehead atoms. The molecule has 0 N–H and O–H groups in total. The number of benzene rings is 2. The molecule has 3 aliphatic heterocycles. The fraction of sp³-hybridized carbons (Fsp3) is 0.435. The molecule has 1 aromatic rings. The highest BCUT2D eigenvalue weighted by Gasteiger charge is 2.42. The maximum atomic E-state index is 14.5. The Bertz CT molecular complexity index is 1220. The molecule has 152 valence electrons. The summed E-state index contributed by atoms with van der Waals surface area (Å²) in [6.07, 6.45) is 1.87. The molecular formula is C23H22F3NO2. The van der Waals surface area contributed by atoms with Gasteiger partial charge in [-0.25, -0.2) is 4.39 Å². The van der Waals surface area contributed by atoms with Crippen molar-refractivity contribution >= 4 is 16.7 Å². The summed E-state index contributed by atoms with van der Waals surface area (Å²) in [5.41, 5.74) is 1.32. The first kappa shape index (κ1) is 18.5. The van der Waals surface area contributed by atoms with Crippen LogP contribution in [0, 0.1) is 17.5 Å². The number of hydrogen-bond donors (Lipinski definition) is 0. The second-order valence-electron chi connectivity index (χ2n) is 9.58. The summed E-state index contributed by atoms with van der Waals surface area (Å²) in [5.74, 6) is -5.00. The lowest BCUT2D eigenvalue weighted by Gasteiger charge is -2.48. The van der Waals surface area contributed by atoms with Gasteiger partial charge in [0.15, 0.2) is 11.6 Å². The fourth-order valence-electron chi connectivity index (χ4n) is 4.91. The van der Waals surface area contributed by atoms with E-state index in [9.17, 15) is 18.0 Å². The van der Waals surface area contributed by atoms with E-state index in [1.807, 2.05) is 6.07 Å². The van der Waals surface area contributed by atoms with Gasteiger partial charge in [-0.1, -0.05) is 27.7 Å². The van der Waals surface area contributed by atoms with Gasteiger partial charge in [0.1, 0.15) is 5.58 Å². The molecule has 0 saturated heterocycles. The van der Waals surface area contributed by atoms with E-state index < -0.39 is 28.6 Å². The van der Waals surface area contributed by atoms with Crippen molar-refractivity contribution in [2.45, 2.75) is 51.4 Å². The lowest BCUT2D eigenvalue weighted by molar-refractivity contribution is 0.399. The first-order chi connectivity index (χ1) is 13.5. The van der Waals surface area contributed by atoms with Crippen molar-refractivity contribution in [1.82, 2.24) is 0 Å². The molecule has 3 nitrogen and oxygen atoms in total. The van der Waals surface area contributed by atoms with E-state index in [4.69, 9.17) is 4.42 Å². The van der Waals surface area contributed by atoms with Gasteiger partial charge in [-0.15, -0.1) is 0 Å². The van der Waals surface area contributed by atoms with Crippen LogP contribution in [0.15, 0.2) is 21.3 Å². The molecule has 5 rings (SSSR count). The van der Waals surface area contributed by atoms with Crippen molar-refractivity contribution < 1.29 is 17.6 Å². The predicted molar refractivity (Wildman–Crippen MR) is 106 cm³/mol. The average molecular weight is 401 g/mol. The summed E-state index contributed by atoms with van der Waals surface area (Å²) in [5, 5.41) is 0.590. The molecule has 0 fully saturated rings. The Hall–Kier alpha value is -2.50. The minimum atomic E-state index is -1.71. The normalized spacial score (nSPS) is 19.6. The number of halogens is 3. The summed E-state index contributed by atoms with van der Waals surface area (Å²) < 4.78 is 48.7. The summed E-state index contributed by atoms with van der Waals surface area (Å²) >= 11 is 0. The Morgan fingerprint density at radius 3 is 2.28 bits per heavy atom. The summed E-state index contributed by atoms with van der Waals surface area (Å²) in [7, 11) is 0. The zero-order valence-corrected chi connectivity index (χ0v) is 16.9. The molecular weight excluding hydrogens is 379 g/mol. The molecule has 6 heteroatoms. The van der Waals surface area contributed by atoms with Crippen molar-refractivity contribution in [1.29, 1.82) is 0 Å². The number of fused-ring (bicyclic) bond motifs is 3. The van der Waals surface area contributed by atoms with Crippen LogP contribution in [0.3, 0.4) is 0 Å². The quantitative estimate of drug-likeness (QED) is 0.369. The Morgan fingerprint density at radius 2 is 1.59 bits per heavy atom. The van der Waals surface area contributed by atoms with E-state index in [1.165, 1.54) is 6.07 Å². The van der Waals surface area contributed by atoms with E-state index in [-0.39, 0.29) is 16.4 Å². The number of nitrogens with zero attached hydrogens (tertiary/aromatic N) is 1. The minimum absolute atomic E-state index is 0.0922. The molecule has 0 amide bonds. The summed E-state index contributed by atoms with van der Waals surface area (Å²) in [4.78, 5) is 14.1. The Labute approximate surface area is 166 Å². The Kier molecular flexibility index (Phi) is 3.55. The molecule has 29 heavy (non-hydrogen) atoms. The van der Waals surface area contributed by atoms with Crippen LogP contribution in [0.2, 0.25) is 0 Å².